The van der Waals surface area contributed by atoms with Gasteiger partial charge in [0.1, 0.15) is 5.69 Å². The second-order valence-electron chi connectivity index (χ2n) is 5.82. The molecule has 3 N–H and O–H groups in total. The number of nitrogens with one attached hydrogen (secondary N) is 3. The Balaban J connectivity index is 1.58. The predicted octanol–water partition coefficient (Wildman–Crippen LogP) is 3.13. The number of carbonyl (C=O) groups excluding carboxylic acids is 2. The zero-order chi connectivity index (χ0) is 19.4. The molecule has 0 saturated carbocycles. The zero-order valence-electron chi connectivity index (χ0n) is 14.7. The maximum absolute atomic E-state index is 12.0. The minimum atomic E-state index is -0.420. The molecule has 0 aliphatic heterocycles. The molecule has 0 saturated heterocycles. The molecule has 0 bridgehead atoms. The number of hydrogen-bond acceptors (Lipinski definition) is 4. The average Bonchev–Trinajstić information content (AvgIpc) is 3.29. The van der Waals surface area contributed by atoms with Crippen LogP contribution < -0.4 is 10.9 Å². The van der Waals surface area contributed by atoms with Gasteiger partial charge in [-0.1, -0.05) is 23.9 Å². The van der Waals surface area contributed by atoms with E-state index in [1.807, 2.05) is 22.9 Å². The van der Waals surface area contributed by atoms with Gasteiger partial charge in [0.2, 0.25) is 5.91 Å². The highest BCUT2D eigenvalue weighted by Gasteiger charge is 2.13. The number of aryl methyl sites for hydroxylation is 1. The predicted molar refractivity (Wildman–Crippen MR) is 108 cm³/mol. The number of H-pyrrole nitrogens is 1. The largest absolute Gasteiger partial charge is 0.356 e. The molecule has 0 aliphatic carbocycles. The van der Waals surface area contributed by atoms with Gasteiger partial charge < -0.3 is 4.98 Å². The van der Waals surface area contributed by atoms with Crippen molar-refractivity contribution in [3.63, 3.8) is 0 Å². The van der Waals surface area contributed by atoms with Crippen molar-refractivity contribution in [2.75, 3.05) is 5.75 Å². The van der Waals surface area contributed by atoms with Gasteiger partial charge in [0.15, 0.2) is 5.16 Å². The van der Waals surface area contributed by atoms with Crippen molar-refractivity contribution in [3.05, 3.63) is 64.1 Å². The van der Waals surface area contributed by atoms with Crippen LogP contribution in [0.2, 0.25) is 0 Å². The fourth-order valence-electron chi connectivity index (χ4n) is 2.44. The first-order valence-corrected chi connectivity index (χ1v) is 9.89. The Kier molecular flexibility index (Phi) is 6.02. The molecule has 27 heavy (non-hydrogen) atoms. The molecule has 0 spiro atoms. The van der Waals surface area contributed by atoms with E-state index in [0.717, 1.165) is 15.7 Å². The van der Waals surface area contributed by atoms with Gasteiger partial charge in [-0.05, 0) is 53.0 Å². The van der Waals surface area contributed by atoms with E-state index >= 15 is 0 Å². The summed E-state index contributed by atoms with van der Waals surface area (Å²) in [6.45, 7) is 4.11. The number of thioether (sulfide) groups is 1. The number of amides is 2. The van der Waals surface area contributed by atoms with Crippen molar-refractivity contribution < 1.29 is 9.59 Å². The molecule has 0 radical (unpaired) electrons. The van der Waals surface area contributed by atoms with Crippen LogP contribution in [0, 0.1) is 13.8 Å². The molecule has 2 aromatic heterocycles. The molecule has 3 aromatic rings. The molecule has 1 aromatic carbocycles. The number of benzene rings is 1. The second-order valence-corrected chi connectivity index (χ2v) is 7.68. The summed E-state index contributed by atoms with van der Waals surface area (Å²) in [6.07, 6.45) is 5.21. The Bertz CT molecular complexity index is 982. The van der Waals surface area contributed by atoms with Crippen molar-refractivity contribution in [1.82, 2.24) is 25.4 Å². The van der Waals surface area contributed by atoms with Gasteiger partial charge in [-0.15, -0.1) is 0 Å². The van der Waals surface area contributed by atoms with Crippen LogP contribution in [0.1, 0.15) is 21.6 Å². The van der Waals surface area contributed by atoms with Crippen molar-refractivity contribution in [2.24, 2.45) is 0 Å². The van der Waals surface area contributed by atoms with Gasteiger partial charge >= 0.3 is 0 Å². The van der Waals surface area contributed by atoms with Gasteiger partial charge in [-0.2, -0.15) is 0 Å². The molecular weight excluding hydrogens is 430 g/mol. The highest BCUT2D eigenvalue weighted by molar-refractivity contribution is 9.10. The summed E-state index contributed by atoms with van der Waals surface area (Å²) in [5.74, 6) is -0.623. The molecule has 2 heterocycles. The Hall–Kier alpha value is -2.52. The van der Waals surface area contributed by atoms with Crippen molar-refractivity contribution in [1.29, 1.82) is 0 Å². The van der Waals surface area contributed by atoms with E-state index in [1.54, 1.807) is 18.5 Å². The second kappa shape index (κ2) is 8.45. The third kappa shape index (κ3) is 4.61. The molecule has 9 heteroatoms. The van der Waals surface area contributed by atoms with E-state index in [1.165, 1.54) is 17.3 Å². The van der Waals surface area contributed by atoms with E-state index in [9.17, 15) is 9.59 Å². The van der Waals surface area contributed by atoms with Crippen LogP contribution in [-0.2, 0) is 4.79 Å². The Morgan fingerprint density at radius 1 is 1.30 bits per heavy atom. The summed E-state index contributed by atoms with van der Waals surface area (Å²) in [7, 11) is 0. The molecule has 3 rings (SSSR count). The third-order valence-corrected chi connectivity index (χ3v) is 5.41. The first kappa shape index (κ1) is 19.2. The highest BCUT2D eigenvalue weighted by atomic mass is 79.9. The molecule has 140 valence electrons. The summed E-state index contributed by atoms with van der Waals surface area (Å²) in [5.41, 5.74) is 8.50. The molecular formula is C18H18BrN5O2S. The number of nitrogens with zero attached hydrogens (tertiary/aromatic N) is 2. The van der Waals surface area contributed by atoms with Gasteiger partial charge in [0.05, 0.1) is 11.4 Å². The van der Waals surface area contributed by atoms with Crippen molar-refractivity contribution in [3.8, 4) is 5.69 Å². The van der Waals surface area contributed by atoms with Gasteiger partial charge in [0.25, 0.3) is 5.91 Å². The number of hydrazine groups is 1. The van der Waals surface area contributed by atoms with Crippen LogP contribution in [0.4, 0.5) is 0 Å². The van der Waals surface area contributed by atoms with Crippen LogP contribution in [0.25, 0.3) is 5.69 Å². The summed E-state index contributed by atoms with van der Waals surface area (Å²) in [4.78, 5) is 31.1. The molecule has 2 amide bonds. The lowest BCUT2D eigenvalue weighted by Gasteiger charge is -2.12. The highest BCUT2D eigenvalue weighted by Crippen LogP contribution is 2.24. The number of hydrogen-bond donors (Lipinski definition) is 3. The van der Waals surface area contributed by atoms with Crippen LogP contribution in [0.3, 0.4) is 0 Å². The lowest BCUT2D eigenvalue weighted by molar-refractivity contribution is -0.119. The summed E-state index contributed by atoms with van der Waals surface area (Å²) in [6, 6.07) is 7.69. The van der Waals surface area contributed by atoms with E-state index in [0.29, 0.717) is 10.9 Å². The van der Waals surface area contributed by atoms with Gasteiger partial charge in [0, 0.05) is 23.1 Å². The molecule has 0 atom stereocenters. The summed E-state index contributed by atoms with van der Waals surface area (Å²) < 4.78 is 2.71. The fourth-order valence-corrected chi connectivity index (χ4v) is 3.54. The number of carbonyl (C=O) groups is 2. The number of aromatic amines is 1. The number of aromatic nitrogens is 3. The Labute approximate surface area is 169 Å². The van der Waals surface area contributed by atoms with E-state index in [2.05, 4.69) is 56.7 Å². The Morgan fingerprint density at radius 3 is 2.85 bits per heavy atom. The maximum Gasteiger partial charge on any atom is 0.286 e. The monoisotopic (exact) mass is 447 g/mol. The van der Waals surface area contributed by atoms with E-state index in [4.69, 9.17) is 0 Å². The quantitative estimate of drug-likeness (QED) is 0.413. The molecule has 0 unspecified atom stereocenters. The maximum atomic E-state index is 12.0. The summed E-state index contributed by atoms with van der Waals surface area (Å²) >= 11 is 4.55. The lowest BCUT2D eigenvalue weighted by Crippen LogP contribution is -2.42. The first-order valence-electron chi connectivity index (χ1n) is 8.11. The van der Waals surface area contributed by atoms with Gasteiger partial charge in [-0.25, -0.2) is 4.98 Å². The molecule has 0 fully saturated rings. The van der Waals surface area contributed by atoms with Crippen molar-refractivity contribution >= 4 is 39.5 Å². The van der Waals surface area contributed by atoms with Crippen LogP contribution >= 0.6 is 27.7 Å². The van der Waals surface area contributed by atoms with Crippen LogP contribution in [0.15, 0.2) is 52.5 Å². The number of rotatable bonds is 5. The minimum Gasteiger partial charge on any atom is -0.356 e. The standard InChI is InChI=1S/C18H18BrN5O2S/c1-11-4-3-5-15(12(11)2)24-7-6-20-18(24)27-10-16(25)22-23-17(26)14-8-13(19)9-21-14/h3-9,21H,10H2,1-2H3,(H,22,25)(H,23,26). The fraction of sp³-hybridized carbons (Fsp3) is 0.167. The minimum absolute atomic E-state index is 0.122. The summed E-state index contributed by atoms with van der Waals surface area (Å²) in [5, 5.41) is 0.707. The topological polar surface area (TPSA) is 91.8 Å². The van der Waals surface area contributed by atoms with Gasteiger partial charge in [-0.3, -0.25) is 25.0 Å². The SMILES string of the molecule is Cc1cccc(-n2ccnc2SCC(=O)NNC(=O)c2cc(Br)c[nH]2)c1C. The molecule has 0 aliphatic rings. The van der Waals surface area contributed by atoms with E-state index < -0.39 is 5.91 Å². The molecule has 7 nitrogen and oxygen atoms in total. The van der Waals surface area contributed by atoms with E-state index in [-0.39, 0.29) is 11.7 Å². The zero-order valence-corrected chi connectivity index (χ0v) is 17.1. The van der Waals surface area contributed by atoms with Crippen LogP contribution in [0.5, 0.6) is 0 Å². The average molecular weight is 448 g/mol. The van der Waals surface area contributed by atoms with Crippen LogP contribution in [-0.4, -0.2) is 32.1 Å². The van der Waals surface area contributed by atoms with Crippen molar-refractivity contribution in [2.45, 2.75) is 19.0 Å². The third-order valence-electron chi connectivity index (χ3n) is 3.98. The number of halogens is 1. The number of imidazole rings is 1. The first-order chi connectivity index (χ1) is 13.0. The normalized spacial score (nSPS) is 10.6. The Morgan fingerprint density at radius 2 is 2.11 bits per heavy atom. The lowest BCUT2D eigenvalue weighted by atomic mass is 10.1. The smallest absolute Gasteiger partial charge is 0.286 e.